The molecule has 1 atom stereocenters. The van der Waals surface area contributed by atoms with E-state index in [4.69, 9.17) is 23.2 Å². The van der Waals surface area contributed by atoms with Crippen molar-refractivity contribution in [2.75, 3.05) is 0 Å². The molecule has 0 bridgehead atoms. The van der Waals surface area contributed by atoms with Gasteiger partial charge < -0.3 is 14.5 Å². The van der Waals surface area contributed by atoms with Gasteiger partial charge in [0.1, 0.15) is 0 Å². The van der Waals surface area contributed by atoms with Gasteiger partial charge in [-0.3, -0.25) is 4.21 Å². The van der Waals surface area contributed by atoms with Gasteiger partial charge in [0.25, 0.3) is 0 Å². The summed E-state index contributed by atoms with van der Waals surface area (Å²) in [6, 6.07) is 1.89. The first-order chi connectivity index (χ1) is 6.43. The maximum atomic E-state index is 10.6. The molecular formula is C7H2Cl2Na2O4S. The van der Waals surface area contributed by atoms with E-state index in [2.05, 4.69) is 0 Å². The zero-order chi connectivity index (χ0) is 10.9. The number of hydrogen-bond acceptors (Lipinski definition) is 4. The van der Waals surface area contributed by atoms with E-state index in [1.54, 1.807) is 0 Å². The number of carboxylic acid groups (broad SMARTS) is 1. The minimum atomic E-state index is -2.61. The Labute approximate surface area is 149 Å². The molecule has 16 heavy (non-hydrogen) atoms. The summed E-state index contributed by atoms with van der Waals surface area (Å²) in [5.74, 6) is -1.56. The monoisotopic (exact) mass is 298 g/mol. The van der Waals surface area contributed by atoms with Crippen molar-refractivity contribution in [3.8, 4) is 0 Å². The third-order valence-corrected chi connectivity index (χ3v) is 2.86. The van der Waals surface area contributed by atoms with Gasteiger partial charge in [-0.15, -0.1) is 0 Å². The molecule has 9 heteroatoms. The molecule has 0 aliphatic heterocycles. The fourth-order valence-corrected chi connectivity index (χ4v) is 1.89. The molecule has 0 saturated carbocycles. The number of halogens is 2. The van der Waals surface area contributed by atoms with Crippen molar-refractivity contribution in [1.29, 1.82) is 0 Å². The van der Waals surface area contributed by atoms with Crippen LogP contribution in [0, 0.1) is 0 Å². The first-order valence-electron chi connectivity index (χ1n) is 3.23. The molecule has 76 valence electrons. The summed E-state index contributed by atoms with van der Waals surface area (Å²) in [5.41, 5.74) is -0.407. The van der Waals surface area contributed by atoms with Gasteiger partial charge in [-0.05, 0) is 23.2 Å². The molecule has 0 saturated heterocycles. The molecule has 1 aromatic carbocycles. The van der Waals surface area contributed by atoms with Crippen LogP contribution in [0.25, 0.3) is 0 Å². The van der Waals surface area contributed by atoms with Crippen LogP contribution in [-0.4, -0.2) is 14.7 Å². The quantitative estimate of drug-likeness (QED) is 0.403. The van der Waals surface area contributed by atoms with Gasteiger partial charge in [0.05, 0.1) is 16.0 Å². The van der Waals surface area contributed by atoms with Gasteiger partial charge in [-0.1, -0.05) is 23.2 Å². The van der Waals surface area contributed by atoms with Crippen LogP contribution >= 0.6 is 23.2 Å². The molecule has 0 aliphatic rings. The van der Waals surface area contributed by atoms with Crippen molar-refractivity contribution in [2.45, 2.75) is 4.90 Å². The predicted molar refractivity (Wildman–Crippen MR) is 48.0 cm³/mol. The van der Waals surface area contributed by atoms with Crippen molar-refractivity contribution in [3.63, 3.8) is 0 Å². The molecule has 0 aromatic heterocycles. The molecule has 0 fully saturated rings. The summed E-state index contributed by atoms with van der Waals surface area (Å²) in [6.45, 7) is 0. The van der Waals surface area contributed by atoms with Crippen LogP contribution in [0.4, 0.5) is 0 Å². The molecule has 4 nitrogen and oxygen atoms in total. The third kappa shape index (κ3) is 4.94. The summed E-state index contributed by atoms with van der Waals surface area (Å²) in [6.07, 6.45) is 0. The van der Waals surface area contributed by atoms with Crippen molar-refractivity contribution < 1.29 is 77.8 Å². The predicted octanol–water partition coefficient (Wildman–Crippen LogP) is -5.40. The Morgan fingerprint density at radius 2 is 1.69 bits per heavy atom. The SMILES string of the molecule is O=C([O-])c1cc(S(=O)[O-])c(Cl)cc1Cl.[Na+].[Na+]. The van der Waals surface area contributed by atoms with Gasteiger partial charge in [-0.25, -0.2) is 0 Å². The van der Waals surface area contributed by atoms with Crippen molar-refractivity contribution in [1.82, 2.24) is 0 Å². The van der Waals surface area contributed by atoms with Crippen LogP contribution in [0.5, 0.6) is 0 Å². The Kier molecular flexibility index (Phi) is 10.4. The Balaban J connectivity index is 0. The van der Waals surface area contributed by atoms with Gasteiger partial charge >= 0.3 is 59.1 Å². The summed E-state index contributed by atoms with van der Waals surface area (Å²) in [7, 11) is 0. The normalized spacial score (nSPS) is 10.9. The number of carboxylic acids is 1. The summed E-state index contributed by atoms with van der Waals surface area (Å²) >= 11 is 8.40. The molecule has 1 rings (SSSR count). The maximum Gasteiger partial charge on any atom is 1.00 e. The molecule has 1 unspecified atom stereocenters. The zero-order valence-electron chi connectivity index (χ0n) is 8.45. The van der Waals surface area contributed by atoms with Crippen LogP contribution in [0.15, 0.2) is 17.0 Å². The van der Waals surface area contributed by atoms with E-state index >= 15 is 0 Å². The minimum Gasteiger partial charge on any atom is -0.768 e. The first kappa shape index (κ1) is 19.7. The van der Waals surface area contributed by atoms with Crippen LogP contribution in [0.2, 0.25) is 10.0 Å². The van der Waals surface area contributed by atoms with Gasteiger partial charge in [0.15, 0.2) is 0 Å². The fraction of sp³-hybridized carbons (Fsp3) is 0. The summed E-state index contributed by atoms with van der Waals surface area (Å²) in [5, 5.41) is 10.2. The van der Waals surface area contributed by atoms with Crippen LogP contribution in [0.1, 0.15) is 10.4 Å². The molecule has 0 spiro atoms. The van der Waals surface area contributed by atoms with Gasteiger partial charge in [0, 0.05) is 10.5 Å². The average molecular weight is 299 g/mol. The molecule has 0 amide bonds. The Morgan fingerprint density at radius 1 is 1.19 bits per heavy atom. The molecule has 0 heterocycles. The Hall–Kier alpha value is 1.38. The topological polar surface area (TPSA) is 80.3 Å². The molecular weight excluding hydrogens is 297 g/mol. The fourth-order valence-electron chi connectivity index (χ4n) is 0.813. The van der Waals surface area contributed by atoms with E-state index in [0.29, 0.717) is 0 Å². The number of carbonyl (C=O) groups excluding carboxylic acids is 1. The summed E-state index contributed by atoms with van der Waals surface area (Å²) in [4.78, 5) is 10.1. The van der Waals surface area contributed by atoms with E-state index < -0.39 is 22.6 Å². The molecule has 0 aliphatic carbocycles. The second kappa shape index (κ2) is 8.48. The van der Waals surface area contributed by atoms with Gasteiger partial charge in [0.2, 0.25) is 0 Å². The van der Waals surface area contributed by atoms with Crippen molar-refractivity contribution >= 4 is 40.3 Å². The first-order valence-corrected chi connectivity index (χ1v) is 5.06. The summed E-state index contributed by atoms with van der Waals surface area (Å²) < 4.78 is 21.1. The maximum absolute atomic E-state index is 10.6. The number of hydrogen-bond donors (Lipinski definition) is 0. The molecule has 0 radical (unpaired) electrons. The number of carbonyl (C=O) groups is 1. The second-order valence-corrected chi connectivity index (χ2v) is 4.01. The van der Waals surface area contributed by atoms with E-state index in [-0.39, 0.29) is 74.1 Å². The van der Waals surface area contributed by atoms with E-state index in [1.807, 2.05) is 0 Å². The molecule has 1 aromatic rings. The number of aromatic carboxylic acids is 1. The van der Waals surface area contributed by atoms with E-state index in [0.717, 1.165) is 12.1 Å². The van der Waals surface area contributed by atoms with Crippen molar-refractivity contribution in [2.24, 2.45) is 0 Å². The standard InChI is InChI=1S/C7H4Cl2O4S.2Na/c8-4-2-5(9)6(14(12)13)1-3(4)7(10)11;;/h1-2H,(H,10,11)(H,12,13);;/q;2*+1/p-2. The van der Waals surface area contributed by atoms with Crippen LogP contribution in [-0.2, 0) is 11.1 Å². The molecule has 0 N–H and O–H groups in total. The largest absolute Gasteiger partial charge is 1.00 e. The van der Waals surface area contributed by atoms with E-state index in [9.17, 15) is 18.7 Å². The third-order valence-electron chi connectivity index (χ3n) is 1.42. The van der Waals surface area contributed by atoms with Crippen LogP contribution < -0.4 is 64.2 Å². The average Bonchev–Trinajstić information content (AvgIpc) is 2.02. The zero-order valence-corrected chi connectivity index (χ0v) is 14.8. The Bertz CT molecular complexity index is 392. The van der Waals surface area contributed by atoms with E-state index in [1.165, 1.54) is 0 Å². The van der Waals surface area contributed by atoms with Gasteiger partial charge in [-0.2, -0.15) is 0 Å². The smallest absolute Gasteiger partial charge is 0.768 e. The number of benzene rings is 1. The van der Waals surface area contributed by atoms with Crippen LogP contribution in [0.3, 0.4) is 0 Å². The minimum absolute atomic E-state index is 0. The number of rotatable bonds is 2. The Morgan fingerprint density at radius 3 is 2.06 bits per heavy atom. The second-order valence-electron chi connectivity index (χ2n) is 2.28. The van der Waals surface area contributed by atoms with Crippen molar-refractivity contribution in [3.05, 3.63) is 27.7 Å².